The number of fused-ring (bicyclic) bond motifs is 3. The van der Waals surface area contributed by atoms with Gasteiger partial charge in [0, 0.05) is 22.4 Å². The highest BCUT2D eigenvalue weighted by Gasteiger charge is 2.21. The molecular formula is C24H25N5O2. The molecule has 0 spiro atoms. The number of ether oxygens (including phenoxy) is 1. The summed E-state index contributed by atoms with van der Waals surface area (Å²) < 4.78 is 7.66. The topological polar surface area (TPSA) is 81.4 Å². The van der Waals surface area contributed by atoms with Gasteiger partial charge in [0.25, 0.3) is 0 Å². The van der Waals surface area contributed by atoms with Crippen LogP contribution in [-0.2, 0) is 11.4 Å². The molecule has 4 aromatic rings. The zero-order valence-electron chi connectivity index (χ0n) is 17.5. The van der Waals surface area contributed by atoms with Crippen LogP contribution < -0.4 is 10.1 Å². The lowest BCUT2D eigenvalue weighted by Gasteiger charge is -2.20. The lowest BCUT2D eigenvalue weighted by atomic mass is 9.88. The molecule has 2 aromatic carbocycles. The third-order valence-corrected chi connectivity index (χ3v) is 5.98. The number of nitrogens with one attached hydrogen (secondary N) is 1. The fourth-order valence-corrected chi connectivity index (χ4v) is 4.26. The van der Waals surface area contributed by atoms with Crippen LogP contribution in [0.15, 0.2) is 48.5 Å². The first-order valence-corrected chi connectivity index (χ1v) is 10.8. The molecule has 0 bridgehead atoms. The Labute approximate surface area is 180 Å². The minimum atomic E-state index is 0.122. The van der Waals surface area contributed by atoms with E-state index in [2.05, 4.69) is 20.6 Å². The lowest BCUT2D eigenvalue weighted by Crippen LogP contribution is -2.24. The molecule has 5 rings (SSSR count). The van der Waals surface area contributed by atoms with E-state index in [-0.39, 0.29) is 18.4 Å². The van der Waals surface area contributed by atoms with Crippen LogP contribution in [0.2, 0.25) is 0 Å². The Balaban J connectivity index is 1.27. The molecule has 1 aliphatic carbocycles. The Morgan fingerprint density at radius 1 is 1.03 bits per heavy atom. The van der Waals surface area contributed by atoms with Crippen LogP contribution in [0.4, 0.5) is 5.69 Å². The third-order valence-electron chi connectivity index (χ3n) is 5.98. The second kappa shape index (κ2) is 8.34. The molecule has 1 aliphatic rings. The molecule has 1 amide bonds. The van der Waals surface area contributed by atoms with E-state index in [1.54, 1.807) is 4.52 Å². The summed E-state index contributed by atoms with van der Waals surface area (Å²) in [5.41, 5.74) is 2.43. The van der Waals surface area contributed by atoms with E-state index in [1.807, 2.05) is 55.5 Å². The number of benzene rings is 2. The highest BCUT2D eigenvalue weighted by Crippen LogP contribution is 2.26. The van der Waals surface area contributed by atoms with E-state index in [1.165, 1.54) is 6.42 Å². The Bertz CT molecular complexity index is 1230. The number of anilines is 1. The van der Waals surface area contributed by atoms with Gasteiger partial charge in [-0.25, -0.2) is 0 Å². The van der Waals surface area contributed by atoms with Crippen LogP contribution >= 0.6 is 0 Å². The molecule has 0 radical (unpaired) electrons. The molecule has 2 heterocycles. The summed E-state index contributed by atoms with van der Waals surface area (Å²) in [6.07, 6.45) is 5.51. The SMILES string of the molecule is Cc1nn2c(COc3ccc(NC(=O)C4CCCCC4)cc3)nnc2c2ccccc12. The minimum absolute atomic E-state index is 0.122. The number of nitrogens with zero attached hydrogens (tertiary/aromatic N) is 4. The molecule has 2 aromatic heterocycles. The Kier molecular flexibility index (Phi) is 5.24. The number of hydrogen-bond acceptors (Lipinski definition) is 5. The summed E-state index contributed by atoms with van der Waals surface area (Å²) in [4.78, 5) is 12.4. The maximum atomic E-state index is 12.4. The largest absolute Gasteiger partial charge is 0.486 e. The van der Waals surface area contributed by atoms with Gasteiger partial charge in [-0.1, -0.05) is 43.5 Å². The van der Waals surface area contributed by atoms with Gasteiger partial charge in [-0.2, -0.15) is 9.61 Å². The maximum absolute atomic E-state index is 12.4. The van der Waals surface area contributed by atoms with E-state index < -0.39 is 0 Å². The van der Waals surface area contributed by atoms with Crippen LogP contribution in [-0.4, -0.2) is 25.7 Å². The van der Waals surface area contributed by atoms with Crippen molar-refractivity contribution < 1.29 is 9.53 Å². The predicted molar refractivity (Wildman–Crippen MR) is 119 cm³/mol. The summed E-state index contributed by atoms with van der Waals surface area (Å²) in [6, 6.07) is 15.5. The Morgan fingerprint density at radius 3 is 2.55 bits per heavy atom. The second-order valence-electron chi connectivity index (χ2n) is 8.12. The normalized spacial score (nSPS) is 14.7. The molecule has 158 valence electrons. The quantitative estimate of drug-likeness (QED) is 0.512. The summed E-state index contributed by atoms with van der Waals surface area (Å²) in [5.74, 6) is 1.60. The van der Waals surface area contributed by atoms with Crippen LogP contribution in [0, 0.1) is 12.8 Å². The smallest absolute Gasteiger partial charge is 0.227 e. The molecule has 0 unspecified atom stereocenters. The van der Waals surface area contributed by atoms with E-state index in [9.17, 15) is 4.79 Å². The average molecular weight is 415 g/mol. The van der Waals surface area contributed by atoms with Crippen molar-refractivity contribution in [2.45, 2.75) is 45.6 Å². The Hall–Kier alpha value is -3.48. The number of carbonyl (C=O) groups excluding carboxylic acids is 1. The number of carbonyl (C=O) groups is 1. The fourth-order valence-electron chi connectivity index (χ4n) is 4.26. The van der Waals surface area contributed by atoms with E-state index >= 15 is 0 Å². The average Bonchev–Trinajstić information content (AvgIpc) is 3.22. The molecule has 1 N–H and O–H groups in total. The highest BCUT2D eigenvalue weighted by molar-refractivity contribution is 5.94. The van der Waals surface area contributed by atoms with E-state index in [0.717, 1.165) is 53.5 Å². The predicted octanol–water partition coefficient (Wildman–Crippen LogP) is 4.68. The zero-order valence-corrected chi connectivity index (χ0v) is 17.5. The van der Waals surface area contributed by atoms with Crippen molar-refractivity contribution >= 4 is 28.0 Å². The lowest BCUT2D eigenvalue weighted by molar-refractivity contribution is -0.120. The molecule has 7 nitrogen and oxygen atoms in total. The molecular weight excluding hydrogens is 390 g/mol. The van der Waals surface area contributed by atoms with Crippen molar-refractivity contribution in [3.8, 4) is 5.75 Å². The van der Waals surface area contributed by atoms with Gasteiger partial charge < -0.3 is 10.1 Å². The number of aromatic nitrogens is 4. The fraction of sp³-hybridized carbons (Fsp3) is 0.333. The second-order valence-corrected chi connectivity index (χ2v) is 8.12. The number of rotatable bonds is 5. The summed E-state index contributed by atoms with van der Waals surface area (Å²) in [7, 11) is 0. The van der Waals surface area contributed by atoms with Gasteiger partial charge in [0.2, 0.25) is 5.91 Å². The van der Waals surface area contributed by atoms with Gasteiger partial charge in [0.05, 0.1) is 5.69 Å². The van der Waals surface area contributed by atoms with Gasteiger partial charge in [0.1, 0.15) is 12.4 Å². The van der Waals surface area contributed by atoms with Gasteiger partial charge in [-0.3, -0.25) is 4.79 Å². The van der Waals surface area contributed by atoms with Crippen LogP contribution in [0.1, 0.15) is 43.6 Å². The molecule has 7 heteroatoms. The van der Waals surface area contributed by atoms with Crippen LogP contribution in [0.25, 0.3) is 16.4 Å². The van der Waals surface area contributed by atoms with Gasteiger partial charge >= 0.3 is 0 Å². The highest BCUT2D eigenvalue weighted by atomic mass is 16.5. The van der Waals surface area contributed by atoms with Gasteiger partial charge in [-0.15, -0.1) is 10.2 Å². The van der Waals surface area contributed by atoms with Gasteiger partial charge in [-0.05, 0) is 44.0 Å². The maximum Gasteiger partial charge on any atom is 0.227 e. The Morgan fingerprint density at radius 2 is 1.77 bits per heavy atom. The van der Waals surface area contributed by atoms with Gasteiger partial charge in [0.15, 0.2) is 11.5 Å². The molecule has 1 saturated carbocycles. The van der Waals surface area contributed by atoms with E-state index in [0.29, 0.717) is 11.6 Å². The monoisotopic (exact) mass is 415 g/mol. The first-order valence-electron chi connectivity index (χ1n) is 10.8. The van der Waals surface area contributed by atoms with Crippen molar-refractivity contribution in [1.82, 2.24) is 19.8 Å². The minimum Gasteiger partial charge on any atom is -0.486 e. The zero-order chi connectivity index (χ0) is 21.2. The molecule has 1 fully saturated rings. The number of hydrogen-bond donors (Lipinski definition) is 1. The summed E-state index contributed by atoms with van der Waals surface area (Å²) in [5, 5.41) is 18.3. The first-order chi connectivity index (χ1) is 15.2. The van der Waals surface area contributed by atoms with Crippen molar-refractivity contribution in [3.05, 3.63) is 60.0 Å². The van der Waals surface area contributed by atoms with Crippen LogP contribution in [0.5, 0.6) is 5.75 Å². The summed E-state index contributed by atoms with van der Waals surface area (Å²) in [6.45, 7) is 2.23. The van der Waals surface area contributed by atoms with Crippen molar-refractivity contribution in [2.75, 3.05) is 5.32 Å². The molecule has 31 heavy (non-hydrogen) atoms. The third kappa shape index (κ3) is 3.95. The first kappa shape index (κ1) is 19.5. The molecule has 0 aliphatic heterocycles. The van der Waals surface area contributed by atoms with Crippen molar-refractivity contribution in [3.63, 3.8) is 0 Å². The molecule has 0 atom stereocenters. The molecule has 0 saturated heterocycles. The van der Waals surface area contributed by atoms with Crippen molar-refractivity contribution in [2.24, 2.45) is 5.92 Å². The standard InChI is InChI=1S/C24H25N5O2/c1-16-20-9-5-6-10-21(20)23-27-26-22(29(23)28-16)15-31-19-13-11-18(12-14-19)25-24(30)17-7-3-2-4-8-17/h5-6,9-14,17H,2-4,7-8,15H2,1H3,(H,25,30). The summed E-state index contributed by atoms with van der Waals surface area (Å²) >= 11 is 0. The van der Waals surface area contributed by atoms with Crippen molar-refractivity contribution in [1.29, 1.82) is 0 Å². The number of amides is 1. The number of aryl methyl sites for hydroxylation is 1. The van der Waals surface area contributed by atoms with Crippen LogP contribution in [0.3, 0.4) is 0 Å². The van der Waals surface area contributed by atoms with E-state index in [4.69, 9.17) is 4.74 Å².